The lowest BCUT2D eigenvalue weighted by atomic mass is 9.71. The van der Waals surface area contributed by atoms with Crippen molar-refractivity contribution in [3.05, 3.63) is 0 Å². The standard InChI is InChI=1S/C13H27N2O/c1-13(2)8-7-12(14-16-6)11(9-13)10-15(3,4)5/h11H,7-10H2,1-6H3/q+1/b14-12-. The topological polar surface area (TPSA) is 21.6 Å². The van der Waals surface area contributed by atoms with Crippen molar-refractivity contribution in [1.29, 1.82) is 0 Å². The molecule has 0 aromatic carbocycles. The van der Waals surface area contributed by atoms with E-state index in [-0.39, 0.29) is 0 Å². The van der Waals surface area contributed by atoms with Gasteiger partial charge in [-0.05, 0) is 24.7 Å². The summed E-state index contributed by atoms with van der Waals surface area (Å²) in [5.74, 6) is 0.573. The van der Waals surface area contributed by atoms with E-state index >= 15 is 0 Å². The van der Waals surface area contributed by atoms with E-state index in [1.807, 2.05) is 0 Å². The zero-order chi connectivity index (χ0) is 12.4. The molecule has 0 N–H and O–H groups in total. The predicted molar refractivity (Wildman–Crippen MR) is 68.5 cm³/mol. The second-order valence-electron chi connectivity index (χ2n) is 6.80. The third-order valence-corrected chi connectivity index (χ3v) is 3.30. The lowest BCUT2D eigenvalue weighted by Gasteiger charge is -2.38. The van der Waals surface area contributed by atoms with E-state index in [0.29, 0.717) is 11.3 Å². The number of hydrogen-bond acceptors (Lipinski definition) is 2. The Kier molecular flexibility index (Phi) is 4.00. The minimum atomic E-state index is 0.451. The van der Waals surface area contributed by atoms with Crippen LogP contribution in [0.2, 0.25) is 0 Å². The number of rotatable bonds is 3. The average Bonchev–Trinajstić information content (AvgIpc) is 2.06. The van der Waals surface area contributed by atoms with E-state index in [2.05, 4.69) is 40.1 Å². The molecule has 0 spiro atoms. The molecule has 0 saturated heterocycles. The van der Waals surface area contributed by atoms with Crippen LogP contribution in [0.4, 0.5) is 0 Å². The van der Waals surface area contributed by atoms with Gasteiger partial charge >= 0.3 is 0 Å². The SMILES string of the molecule is CO/N=C1/CCC(C)(C)CC1C[N+](C)(C)C. The van der Waals surface area contributed by atoms with Crippen molar-refractivity contribution in [3.8, 4) is 0 Å². The molecule has 1 fully saturated rings. The van der Waals surface area contributed by atoms with Crippen molar-refractivity contribution < 1.29 is 9.32 Å². The van der Waals surface area contributed by atoms with Crippen molar-refractivity contribution in [1.82, 2.24) is 0 Å². The molecule has 16 heavy (non-hydrogen) atoms. The Morgan fingerprint density at radius 3 is 2.50 bits per heavy atom. The molecule has 1 rings (SSSR count). The van der Waals surface area contributed by atoms with Gasteiger partial charge in [0.2, 0.25) is 0 Å². The molecule has 3 heteroatoms. The molecular formula is C13H27N2O+. The summed E-state index contributed by atoms with van der Waals surface area (Å²) in [6.45, 7) is 5.87. The fourth-order valence-corrected chi connectivity index (χ4v) is 2.63. The maximum Gasteiger partial charge on any atom is 0.106 e. The summed E-state index contributed by atoms with van der Waals surface area (Å²) in [5, 5.41) is 4.22. The van der Waals surface area contributed by atoms with Crippen molar-refractivity contribution in [2.24, 2.45) is 16.5 Å². The summed E-state index contributed by atoms with van der Waals surface area (Å²) in [5.41, 5.74) is 1.71. The van der Waals surface area contributed by atoms with Crippen LogP contribution in [-0.4, -0.2) is 45.0 Å². The summed E-state index contributed by atoms with van der Waals surface area (Å²) in [4.78, 5) is 4.98. The molecule has 1 atom stereocenters. The zero-order valence-corrected chi connectivity index (χ0v) is 11.7. The number of oxime groups is 1. The fourth-order valence-electron chi connectivity index (χ4n) is 2.63. The van der Waals surface area contributed by atoms with Gasteiger partial charge in [-0.3, -0.25) is 0 Å². The van der Waals surface area contributed by atoms with Crippen LogP contribution in [0.1, 0.15) is 33.1 Å². The Bertz CT molecular complexity index is 262. The number of hydrogen-bond donors (Lipinski definition) is 0. The van der Waals surface area contributed by atoms with E-state index in [9.17, 15) is 0 Å². The summed E-state index contributed by atoms with van der Waals surface area (Å²) in [7, 11) is 8.37. The van der Waals surface area contributed by atoms with E-state index in [1.165, 1.54) is 18.6 Å². The first kappa shape index (κ1) is 13.5. The molecule has 1 unspecified atom stereocenters. The third kappa shape index (κ3) is 4.12. The Morgan fingerprint density at radius 2 is 2.00 bits per heavy atom. The molecule has 1 saturated carbocycles. The first-order chi connectivity index (χ1) is 7.23. The minimum absolute atomic E-state index is 0.451. The summed E-state index contributed by atoms with van der Waals surface area (Å²) >= 11 is 0. The molecule has 0 aliphatic heterocycles. The largest absolute Gasteiger partial charge is 0.399 e. The second kappa shape index (κ2) is 4.74. The summed E-state index contributed by atoms with van der Waals surface area (Å²) < 4.78 is 0.990. The molecule has 3 nitrogen and oxygen atoms in total. The van der Waals surface area contributed by atoms with Gasteiger partial charge < -0.3 is 9.32 Å². The lowest BCUT2D eigenvalue weighted by Crippen LogP contribution is -2.44. The highest BCUT2D eigenvalue weighted by Gasteiger charge is 2.35. The minimum Gasteiger partial charge on any atom is -0.399 e. The van der Waals surface area contributed by atoms with Gasteiger partial charge in [-0.15, -0.1) is 0 Å². The highest BCUT2D eigenvalue weighted by molar-refractivity contribution is 5.87. The Labute approximate surface area is 100 Å². The van der Waals surface area contributed by atoms with Crippen LogP contribution in [0.15, 0.2) is 5.16 Å². The predicted octanol–water partition coefficient (Wildman–Crippen LogP) is 2.52. The summed E-state index contributed by atoms with van der Waals surface area (Å²) in [6, 6.07) is 0. The highest BCUT2D eigenvalue weighted by atomic mass is 16.6. The first-order valence-electron chi connectivity index (χ1n) is 6.14. The quantitative estimate of drug-likeness (QED) is 0.536. The first-order valence-corrected chi connectivity index (χ1v) is 6.14. The third-order valence-electron chi connectivity index (χ3n) is 3.30. The van der Waals surface area contributed by atoms with Gasteiger partial charge in [0.1, 0.15) is 7.11 Å². The Morgan fingerprint density at radius 1 is 1.38 bits per heavy atom. The Hall–Kier alpha value is -0.570. The molecular weight excluding hydrogens is 200 g/mol. The van der Waals surface area contributed by atoms with Crippen LogP contribution in [0.3, 0.4) is 0 Å². The Balaban J connectivity index is 2.76. The smallest absolute Gasteiger partial charge is 0.106 e. The van der Waals surface area contributed by atoms with E-state index in [1.54, 1.807) is 7.11 Å². The summed E-state index contributed by atoms with van der Waals surface area (Å²) in [6.07, 6.45) is 3.54. The van der Waals surface area contributed by atoms with E-state index in [4.69, 9.17) is 4.84 Å². The highest BCUT2D eigenvalue weighted by Crippen LogP contribution is 2.37. The normalized spacial score (nSPS) is 28.1. The van der Waals surface area contributed by atoms with Gasteiger partial charge in [-0.2, -0.15) is 0 Å². The van der Waals surface area contributed by atoms with Crippen LogP contribution >= 0.6 is 0 Å². The molecule has 0 bridgehead atoms. The van der Waals surface area contributed by atoms with Gasteiger partial charge in [0.25, 0.3) is 0 Å². The van der Waals surface area contributed by atoms with Crippen LogP contribution in [0.5, 0.6) is 0 Å². The van der Waals surface area contributed by atoms with Crippen molar-refractivity contribution >= 4 is 5.71 Å². The molecule has 0 aromatic rings. The molecule has 1 aliphatic carbocycles. The second-order valence-corrected chi connectivity index (χ2v) is 6.80. The van der Waals surface area contributed by atoms with Crippen molar-refractivity contribution in [2.45, 2.75) is 33.1 Å². The maximum atomic E-state index is 4.98. The molecule has 0 heterocycles. The van der Waals surface area contributed by atoms with E-state index in [0.717, 1.165) is 17.4 Å². The van der Waals surface area contributed by atoms with Crippen LogP contribution < -0.4 is 0 Å². The molecule has 94 valence electrons. The van der Waals surface area contributed by atoms with Crippen molar-refractivity contribution in [2.75, 3.05) is 34.8 Å². The van der Waals surface area contributed by atoms with Gasteiger partial charge in [-0.1, -0.05) is 19.0 Å². The van der Waals surface area contributed by atoms with Gasteiger partial charge in [0.15, 0.2) is 0 Å². The lowest BCUT2D eigenvalue weighted by molar-refractivity contribution is -0.872. The molecule has 0 radical (unpaired) electrons. The average molecular weight is 227 g/mol. The molecule has 1 aliphatic rings. The van der Waals surface area contributed by atoms with Crippen LogP contribution in [0.25, 0.3) is 0 Å². The van der Waals surface area contributed by atoms with Gasteiger partial charge in [-0.25, -0.2) is 0 Å². The van der Waals surface area contributed by atoms with Crippen molar-refractivity contribution in [3.63, 3.8) is 0 Å². The fraction of sp³-hybridized carbons (Fsp3) is 0.923. The maximum absolute atomic E-state index is 4.98. The van der Waals surface area contributed by atoms with E-state index < -0.39 is 0 Å². The zero-order valence-electron chi connectivity index (χ0n) is 11.7. The molecule has 0 aromatic heterocycles. The van der Waals surface area contributed by atoms with Crippen LogP contribution in [0, 0.1) is 11.3 Å². The van der Waals surface area contributed by atoms with Crippen LogP contribution in [-0.2, 0) is 4.84 Å². The molecule has 0 amide bonds. The van der Waals surface area contributed by atoms with Gasteiger partial charge in [0, 0.05) is 0 Å². The van der Waals surface area contributed by atoms with Gasteiger partial charge in [0.05, 0.1) is 39.3 Å². The monoisotopic (exact) mass is 227 g/mol. The number of nitrogens with zero attached hydrogens (tertiary/aromatic N) is 2. The number of quaternary nitrogens is 1.